The molecular formula is C16H11F3N2O. The van der Waals surface area contributed by atoms with Crippen LogP contribution in [0.2, 0.25) is 0 Å². The maximum absolute atomic E-state index is 13.0. The number of hydrogen-bond acceptors (Lipinski definition) is 3. The van der Waals surface area contributed by atoms with E-state index in [1.807, 2.05) is 6.07 Å². The maximum atomic E-state index is 13.0. The molecule has 0 aliphatic rings. The summed E-state index contributed by atoms with van der Waals surface area (Å²) < 4.78 is 39.0. The Morgan fingerprint density at radius 1 is 1.14 bits per heavy atom. The van der Waals surface area contributed by atoms with Crippen molar-refractivity contribution in [3.63, 3.8) is 0 Å². The monoisotopic (exact) mass is 304 g/mol. The van der Waals surface area contributed by atoms with Crippen LogP contribution in [0.5, 0.6) is 0 Å². The van der Waals surface area contributed by atoms with E-state index in [4.69, 9.17) is 11.0 Å². The summed E-state index contributed by atoms with van der Waals surface area (Å²) in [5.41, 5.74) is 4.74. The number of benzene rings is 2. The Hall–Kier alpha value is -2.81. The lowest BCUT2D eigenvalue weighted by molar-refractivity contribution is -0.137. The number of nitrogens with two attached hydrogens (primary N) is 1. The molecule has 2 N–H and O–H groups in total. The Balaban J connectivity index is 2.63. The van der Waals surface area contributed by atoms with Gasteiger partial charge >= 0.3 is 6.18 Å². The average molecular weight is 304 g/mol. The minimum absolute atomic E-state index is 0.0300. The molecule has 3 nitrogen and oxygen atoms in total. The first-order valence-electron chi connectivity index (χ1n) is 6.27. The van der Waals surface area contributed by atoms with Crippen molar-refractivity contribution in [3.05, 3.63) is 64.2 Å². The van der Waals surface area contributed by atoms with Gasteiger partial charge < -0.3 is 5.73 Å². The summed E-state index contributed by atoms with van der Waals surface area (Å²) in [7, 11) is 0. The number of halogens is 3. The van der Waals surface area contributed by atoms with Crippen molar-refractivity contribution in [1.82, 2.24) is 0 Å². The van der Waals surface area contributed by atoms with E-state index >= 15 is 0 Å². The van der Waals surface area contributed by atoms with E-state index in [1.54, 1.807) is 0 Å². The van der Waals surface area contributed by atoms with E-state index < -0.39 is 23.1 Å². The summed E-state index contributed by atoms with van der Waals surface area (Å²) in [6.07, 6.45) is -4.63. The number of rotatable bonds is 2. The molecule has 0 spiro atoms. The summed E-state index contributed by atoms with van der Waals surface area (Å²) >= 11 is 0. The van der Waals surface area contributed by atoms with Crippen molar-refractivity contribution >= 4 is 11.5 Å². The Labute approximate surface area is 124 Å². The fourth-order valence-electron chi connectivity index (χ4n) is 2.20. The lowest BCUT2D eigenvalue weighted by Crippen LogP contribution is -2.15. The molecule has 0 saturated heterocycles. The Morgan fingerprint density at radius 2 is 1.77 bits per heavy atom. The van der Waals surface area contributed by atoms with Gasteiger partial charge in [0.15, 0.2) is 5.78 Å². The summed E-state index contributed by atoms with van der Waals surface area (Å²) in [6.45, 7) is 1.48. The second-order valence-corrected chi connectivity index (χ2v) is 4.69. The molecule has 0 bridgehead atoms. The molecule has 0 aliphatic carbocycles. The second-order valence-electron chi connectivity index (χ2n) is 4.69. The van der Waals surface area contributed by atoms with Crippen LogP contribution in [0.15, 0.2) is 36.4 Å². The number of carbonyl (C=O) groups excluding carboxylic acids is 1. The number of ketones is 1. The van der Waals surface area contributed by atoms with Gasteiger partial charge in [0.1, 0.15) is 6.07 Å². The molecule has 0 radical (unpaired) electrons. The highest BCUT2D eigenvalue weighted by Crippen LogP contribution is 2.33. The van der Waals surface area contributed by atoms with Crippen LogP contribution in [0.25, 0.3) is 0 Å². The quantitative estimate of drug-likeness (QED) is 0.679. The molecule has 2 aromatic rings. The summed E-state index contributed by atoms with van der Waals surface area (Å²) in [6, 6.07) is 9.08. The van der Waals surface area contributed by atoms with E-state index in [0.717, 1.165) is 12.1 Å². The molecule has 0 unspecified atom stereocenters. The molecule has 22 heavy (non-hydrogen) atoms. The Kier molecular flexibility index (Phi) is 3.91. The van der Waals surface area contributed by atoms with Crippen LogP contribution < -0.4 is 5.73 Å². The van der Waals surface area contributed by atoms with Crippen molar-refractivity contribution in [2.75, 3.05) is 5.73 Å². The molecule has 2 aromatic carbocycles. The zero-order valence-corrected chi connectivity index (χ0v) is 11.5. The summed E-state index contributed by atoms with van der Waals surface area (Å²) in [5, 5.41) is 9.04. The van der Waals surface area contributed by atoms with Crippen molar-refractivity contribution in [3.8, 4) is 6.07 Å². The first-order valence-corrected chi connectivity index (χ1v) is 6.27. The molecule has 0 aromatic heterocycles. The number of nitrogen functional groups attached to an aromatic ring is 1. The van der Waals surface area contributed by atoms with Gasteiger partial charge in [-0.3, -0.25) is 4.79 Å². The third-order valence-corrected chi connectivity index (χ3v) is 3.33. The third kappa shape index (κ3) is 2.66. The minimum Gasteiger partial charge on any atom is -0.398 e. The van der Waals surface area contributed by atoms with Gasteiger partial charge in [0, 0.05) is 16.8 Å². The van der Waals surface area contributed by atoms with Gasteiger partial charge in [-0.25, -0.2) is 0 Å². The van der Waals surface area contributed by atoms with E-state index in [0.29, 0.717) is 0 Å². The number of nitriles is 1. The average Bonchev–Trinajstić information content (AvgIpc) is 2.46. The van der Waals surface area contributed by atoms with Gasteiger partial charge in [-0.2, -0.15) is 18.4 Å². The van der Waals surface area contributed by atoms with E-state index in [1.165, 1.54) is 31.2 Å². The lowest BCUT2D eigenvalue weighted by atomic mass is 9.92. The highest BCUT2D eigenvalue weighted by molar-refractivity contribution is 6.11. The van der Waals surface area contributed by atoms with Crippen molar-refractivity contribution < 1.29 is 18.0 Å². The fourth-order valence-corrected chi connectivity index (χ4v) is 2.20. The largest absolute Gasteiger partial charge is 0.417 e. The lowest BCUT2D eigenvalue weighted by Gasteiger charge is -2.13. The fraction of sp³-hybridized carbons (Fsp3) is 0.125. The first-order chi connectivity index (χ1) is 10.3. The van der Waals surface area contributed by atoms with Crippen LogP contribution in [0.1, 0.15) is 32.6 Å². The van der Waals surface area contributed by atoms with Gasteiger partial charge in [0.05, 0.1) is 11.1 Å². The van der Waals surface area contributed by atoms with Crippen LogP contribution in [0.4, 0.5) is 18.9 Å². The number of carbonyl (C=O) groups is 1. The van der Waals surface area contributed by atoms with Crippen molar-refractivity contribution in [2.45, 2.75) is 13.1 Å². The SMILES string of the molecule is Cc1c(C(=O)c2ccccc2C(F)(F)F)ccc(N)c1C#N. The molecule has 112 valence electrons. The third-order valence-electron chi connectivity index (χ3n) is 3.33. The van der Waals surface area contributed by atoms with Crippen LogP contribution >= 0.6 is 0 Å². The molecule has 0 atom stereocenters. The van der Waals surface area contributed by atoms with Gasteiger partial charge in [0.2, 0.25) is 0 Å². The molecule has 0 saturated carbocycles. The standard InChI is InChI=1S/C16H11F3N2O/c1-9-10(6-7-14(21)12(9)8-20)15(22)11-4-2-3-5-13(11)16(17,18)19/h2-7H,21H2,1H3. The van der Waals surface area contributed by atoms with Gasteiger partial charge in [0.25, 0.3) is 0 Å². The smallest absolute Gasteiger partial charge is 0.398 e. The molecule has 6 heteroatoms. The van der Waals surface area contributed by atoms with Crippen LogP contribution in [0, 0.1) is 18.3 Å². The zero-order valence-electron chi connectivity index (χ0n) is 11.5. The highest BCUT2D eigenvalue weighted by Gasteiger charge is 2.35. The molecule has 0 heterocycles. The van der Waals surface area contributed by atoms with Crippen molar-refractivity contribution in [2.24, 2.45) is 0 Å². The van der Waals surface area contributed by atoms with E-state index in [2.05, 4.69) is 0 Å². The predicted molar refractivity (Wildman–Crippen MR) is 75.2 cm³/mol. The van der Waals surface area contributed by atoms with Crippen molar-refractivity contribution in [1.29, 1.82) is 5.26 Å². The summed E-state index contributed by atoms with van der Waals surface area (Å²) in [4.78, 5) is 12.5. The minimum atomic E-state index is -4.63. The molecule has 2 rings (SSSR count). The van der Waals surface area contributed by atoms with Crippen LogP contribution in [-0.4, -0.2) is 5.78 Å². The van der Waals surface area contributed by atoms with E-state index in [9.17, 15) is 18.0 Å². The van der Waals surface area contributed by atoms with Crippen LogP contribution in [-0.2, 0) is 6.18 Å². The van der Waals surface area contributed by atoms with E-state index in [-0.39, 0.29) is 22.4 Å². The van der Waals surface area contributed by atoms with Gasteiger partial charge in [-0.1, -0.05) is 18.2 Å². The first kappa shape index (κ1) is 15.6. The highest BCUT2D eigenvalue weighted by atomic mass is 19.4. The second kappa shape index (κ2) is 5.53. The predicted octanol–water partition coefficient (Wildman–Crippen LogP) is 3.70. The number of alkyl halides is 3. The topological polar surface area (TPSA) is 66.9 Å². The molecular weight excluding hydrogens is 293 g/mol. The maximum Gasteiger partial charge on any atom is 0.417 e. The van der Waals surface area contributed by atoms with Crippen LogP contribution in [0.3, 0.4) is 0 Å². The Bertz CT molecular complexity index is 789. The van der Waals surface area contributed by atoms with Gasteiger partial charge in [-0.15, -0.1) is 0 Å². The number of anilines is 1. The number of nitrogens with zero attached hydrogens (tertiary/aromatic N) is 1. The molecule has 0 fully saturated rings. The van der Waals surface area contributed by atoms with Gasteiger partial charge in [-0.05, 0) is 30.7 Å². The molecule has 0 aliphatic heterocycles. The molecule has 0 amide bonds. The summed E-state index contributed by atoms with van der Waals surface area (Å²) in [5.74, 6) is -0.790. The number of hydrogen-bond donors (Lipinski definition) is 1. The zero-order chi connectivity index (χ0) is 16.5. The normalized spacial score (nSPS) is 11.0. The Morgan fingerprint density at radius 3 is 2.36 bits per heavy atom.